The maximum Gasteiger partial charge on any atom is 0.325 e. The number of hydrogen-bond acceptors (Lipinski definition) is 6. The first-order chi connectivity index (χ1) is 12.0. The van der Waals surface area contributed by atoms with Crippen LogP contribution in [0.5, 0.6) is 5.75 Å². The molecular weight excluding hydrogens is 322 g/mol. The summed E-state index contributed by atoms with van der Waals surface area (Å²) in [5, 5.41) is 5.92. The van der Waals surface area contributed by atoms with Gasteiger partial charge in [-0.3, -0.25) is 20.3 Å². The number of hydrogen-bond donors (Lipinski definition) is 2. The number of imide groups is 1. The summed E-state index contributed by atoms with van der Waals surface area (Å²) < 4.78 is 5.35. The molecule has 0 saturated carbocycles. The van der Waals surface area contributed by atoms with Gasteiger partial charge in [0.05, 0.1) is 7.11 Å². The Morgan fingerprint density at radius 3 is 2.80 bits per heavy atom. The summed E-state index contributed by atoms with van der Waals surface area (Å²) in [6.45, 7) is 3.83. The lowest BCUT2D eigenvalue weighted by molar-refractivity contribution is -0.128. The minimum atomic E-state index is -0.386. The molecule has 3 heterocycles. The fourth-order valence-electron chi connectivity index (χ4n) is 4.06. The minimum absolute atomic E-state index is 0.141. The van der Waals surface area contributed by atoms with Crippen molar-refractivity contribution in [3.05, 3.63) is 24.3 Å². The molecule has 25 heavy (non-hydrogen) atoms. The van der Waals surface area contributed by atoms with E-state index in [1.807, 2.05) is 24.3 Å². The molecule has 3 saturated heterocycles. The Morgan fingerprint density at radius 1 is 1.24 bits per heavy atom. The van der Waals surface area contributed by atoms with Crippen LogP contribution >= 0.6 is 0 Å². The van der Waals surface area contributed by atoms with Crippen molar-refractivity contribution in [3.8, 4) is 5.75 Å². The maximum absolute atomic E-state index is 12.5. The van der Waals surface area contributed by atoms with Crippen LogP contribution in [-0.4, -0.2) is 67.5 Å². The van der Waals surface area contributed by atoms with Crippen LogP contribution in [0.25, 0.3) is 0 Å². The second kappa shape index (κ2) is 5.89. The SMILES string of the molecule is COc1cccc(N2CC(C)CN3C4C(=O)NC(=O)N(C)C4NC23)c1. The van der Waals surface area contributed by atoms with Gasteiger partial charge in [-0.05, 0) is 18.1 Å². The summed E-state index contributed by atoms with van der Waals surface area (Å²) in [6.07, 6.45) is -0.470. The first kappa shape index (κ1) is 16.2. The van der Waals surface area contributed by atoms with Gasteiger partial charge in [0.2, 0.25) is 5.91 Å². The number of nitrogens with zero attached hydrogens (tertiary/aromatic N) is 3. The van der Waals surface area contributed by atoms with E-state index in [9.17, 15) is 9.59 Å². The lowest BCUT2D eigenvalue weighted by Gasteiger charge is -2.45. The Hall–Kier alpha value is -2.32. The van der Waals surface area contributed by atoms with Crippen molar-refractivity contribution >= 4 is 17.6 Å². The largest absolute Gasteiger partial charge is 0.497 e. The Bertz CT molecular complexity index is 711. The Labute approximate surface area is 146 Å². The number of benzene rings is 1. The molecule has 0 bridgehead atoms. The van der Waals surface area contributed by atoms with Crippen LogP contribution in [0, 0.1) is 5.92 Å². The van der Waals surface area contributed by atoms with Gasteiger partial charge >= 0.3 is 6.03 Å². The fraction of sp³-hybridized carbons (Fsp3) is 0.529. The zero-order valence-electron chi connectivity index (χ0n) is 14.6. The number of ether oxygens (including phenoxy) is 1. The summed E-state index contributed by atoms with van der Waals surface area (Å²) in [7, 11) is 3.36. The molecule has 3 fully saturated rings. The number of anilines is 1. The van der Waals surface area contributed by atoms with Gasteiger partial charge in [-0.25, -0.2) is 4.79 Å². The number of amides is 3. The average molecular weight is 345 g/mol. The zero-order chi connectivity index (χ0) is 17.7. The van der Waals surface area contributed by atoms with Crippen molar-refractivity contribution < 1.29 is 14.3 Å². The lowest BCUT2D eigenvalue weighted by Crippen LogP contribution is -2.65. The molecule has 2 N–H and O–H groups in total. The van der Waals surface area contributed by atoms with E-state index in [1.54, 1.807) is 19.1 Å². The van der Waals surface area contributed by atoms with Crippen LogP contribution in [0.1, 0.15) is 6.92 Å². The van der Waals surface area contributed by atoms with Crippen molar-refractivity contribution in [1.82, 2.24) is 20.4 Å². The summed E-state index contributed by atoms with van der Waals surface area (Å²) >= 11 is 0. The number of methoxy groups -OCH3 is 1. The van der Waals surface area contributed by atoms with Crippen molar-refractivity contribution in [1.29, 1.82) is 0 Å². The molecule has 4 unspecified atom stereocenters. The number of fused-ring (bicyclic) bond motifs is 3. The van der Waals surface area contributed by atoms with Crippen LogP contribution in [-0.2, 0) is 4.79 Å². The summed E-state index contributed by atoms with van der Waals surface area (Å²) in [5.74, 6) is 0.948. The van der Waals surface area contributed by atoms with E-state index in [1.165, 1.54) is 0 Å². The molecule has 0 aliphatic carbocycles. The van der Waals surface area contributed by atoms with Crippen LogP contribution < -0.4 is 20.3 Å². The van der Waals surface area contributed by atoms with Gasteiger partial charge in [-0.2, -0.15) is 0 Å². The van der Waals surface area contributed by atoms with E-state index in [4.69, 9.17) is 4.74 Å². The van der Waals surface area contributed by atoms with E-state index < -0.39 is 0 Å². The highest BCUT2D eigenvalue weighted by Gasteiger charge is 2.54. The van der Waals surface area contributed by atoms with Crippen molar-refractivity contribution in [2.75, 3.05) is 32.1 Å². The first-order valence-electron chi connectivity index (χ1n) is 8.49. The zero-order valence-corrected chi connectivity index (χ0v) is 14.6. The van der Waals surface area contributed by atoms with Gasteiger partial charge in [0.1, 0.15) is 24.2 Å². The normalized spacial score (nSPS) is 32.3. The van der Waals surface area contributed by atoms with Crippen LogP contribution in [0.4, 0.5) is 10.5 Å². The maximum atomic E-state index is 12.5. The third-order valence-corrected chi connectivity index (χ3v) is 5.24. The number of urea groups is 1. The molecule has 3 amide bonds. The second-order valence-electron chi connectivity index (χ2n) is 6.99. The van der Waals surface area contributed by atoms with Crippen LogP contribution in [0.3, 0.4) is 0 Å². The first-order valence-corrected chi connectivity index (χ1v) is 8.49. The van der Waals surface area contributed by atoms with Gasteiger partial charge in [0.15, 0.2) is 0 Å². The summed E-state index contributed by atoms with van der Waals surface area (Å²) in [4.78, 5) is 30.4. The summed E-state index contributed by atoms with van der Waals surface area (Å²) in [6, 6.07) is 7.16. The van der Waals surface area contributed by atoms with Crippen molar-refractivity contribution in [2.45, 2.75) is 25.4 Å². The minimum Gasteiger partial charge on any atom is -0.497 e. The Kier molecular flexibility index (Phi) is 3.81. The molecule has 0 aromatic heterocycles. The molecule has 4 rings (SSSR count). The molecule has 0 radical (unpaired) electrons. The molecular formula is C17H23N5O3. The topological polar surface area (TPSA) is 77.2 Å². The molecule has 8 heteroatoms. The van der Waals surface area contributed by atoms with E-state index in [0.29, 0.717) is 5.92 Å². The Balaban J connectivity index is 1.69. The standard InChI is InChI=1S/C17H23N5O3/c1-10-8-21(11-5-4-6-12(7-11)25-3)16-18-14-13(22(16)9-10)15(23)19-17(24)20(14)2/h4-7,10,13-14,16,18H,8-9H2,1-3H3,(H,19,23,24). The fourth-order valence-corrected chi connectivity index (χ4v) is 4.06. The predicted molar refractivity (Wildman–Crippen MR) is 92.0 cm³/mol. The number of rotatable bonds is 2. The highest BCUT2D eigenvalue weighted by molar-refractivity contribution is 6.00. The highest BCUT2D eigenvalue weighted by atomic mass is 16.5. The number of carbonyl (C=O) groups is 2. The molecule has 1 aromatic carbocycles. The van der Waals surface area contributed by atoms with Gasteiger partial charge < -0.3 is 14.5 Å². The molecule has 134 valence electrons. The highest BCUT2D eigenvalue weighted by Crippen LogP contribution is 2.33. The second-order valence-corrected chi connectivity index (χ2v) is 6.99. The van der Waals surface area contributed by atoms with Gasteiger partial charge in [0.25, 0.3) is 0 Å². The van der Waals surface area contributed by atoms with E-state index in [-0.39, 0.29) is 30.4 Å². The van der Waals surface area contributed by atoms with E-state index in [2.05, 4.69) is 27.4 Å². The van der Waals surface area contributed by atoms with Crippen molar-refractivity contribution in [3.63, 3.8) is 0 Å². The van der Waals surface area contributed by atoms with Gasteiger partial charge in [0, 0.05) is 31.9 Å². The molecule has 4 atom stereocenters. The van der Waals surface area contributed by atoms with Gasteiger partial charge in [-0.1, -0.05) is 13.0 Å². The van der Waals surface area contributed by atoms with Crippen LogP contribution in [0.2, 0.25) is 0 Å². The average Bonchev–Trinajstić information content (AvgIpc) is 2.99. The number of likely N-dealkylation sites (N-methyl/N-ethyl adjacent to an activating group) is 1. The van der Waals surface area contributed by atoms with Crippen LogP contribution in [0.15, 0.2) is 24.3 Å². The predicted octanol–water partition coefficient (Wildman–Crippen LogP) is 0.216. The lowest BCUT2D eigenvalue weighted by atomic mass is 10.0. The molecule has 0 spiro atoms. The molecule has 3 aliphatic heterocycles. The quantitative estimate of drug-likeness (QED) is 0.798. The Morgan fingerprint density at radius 2 is 2.04 bits per heavy atom. The molecule has 3 aliphatic rings. The smallest absolute Gasteiger partial charge is 0.325 e. The summed E-state index contributed by atoms with van der Waals surface area (Å²) in [5.41, 5.74) is 1.03. The molecule has 1 aromatic rings. The number of nitrogens with one attached hydrogen (secondary N) is 2. The van der Waals surface area contributed by atoms with Crippen molar-refractivity contribution in [2.24, 2.45) is 5.92 Å². The molecule has 8 nitrogen and oxygen atoms in total. The third-order valence-electron chi connectivity index (χ3n) is 5.24. The third kappa shape index (κ3) is 2.52. The van der Waals surface area contributed by atoms with Gasteiger partial charge in [-0.15, -0.1) is 0 Å². The number of carbonyl (C=O) groups excluding carboxylic acids is 2. The van der Waals surface area contributed by atoms with E-state index >= 15 is 0 Å². The van der Waals surface area contributed by atoms with E-state index in [0.717, 1.165) is 24.5 Å². The monoisotopic (exact) mass is 345 g/mol.